The first-order valence-electron chi connectivity index (χ1n) is 4.63. The summed E-state index contributed by atoms with van der Waals surface area (Å²) in [7, 11) is -0.942. The minimum Gasteiger partial charge on any atom is -0.298 e. The molecule has 0 radical (unpaired) electrons. The zero-order valence-corrected chi connectivity index (χ0v) is 9.55. The van der Waals surface area contributed by atoms with Crippen LogP contribution in [0.2, 0.25) is 5.02 Å². The molecule has 2 rings (SSSR count). The smallest absolute Gasteiger partial charge is 0.151 e. The molecular formula is C10H10ClNO2S. The van der Waals surface area contributed by atoms with Crippen LogP contribution in [0.1, 0.15) is 16.8 Å². The first kappa shape index (κ1) is 10.6. The molecule has 80 valence electrons. The number of nitrogens with zero attached hydrogens (tertiary/aromatic N) is 1. The number of rotatable bonds is 2. The van der Waals surface area contributed by atoms with Gasteiger partial charge in [-0.1, -0.05) is 11.6 Å². The van der Waals surface area contributed by atoms with Crippen LogP contribution in [0.15, 0.2) is 18.2 Å². The summed E-state index contributed by atoms with van der Waals surface area (Å²) in [6, 6.07) is 5.12. The molecule has 1 atom stereocenters. The first-order chi connectivity index (χ1) is 7.22. The van der Waals surface area contributed by atoms with Gasteiger partial charge in [0.05, 0.1) is 10.7 Å². The standard InChI is InChI=1S/C10H10ClNO2S/c11-10-6-9(3-2-8(10)7-13)12-4-1-5-15(12)14/h2-3,6-7H,1,4-5H2. The van der Waals surface area contributed by atoms with E-state index >= 15 is 0 Å². The molecule has 0 spiro atoms. The maximum absolute atomic E-state index is 11.6. The molecule has 0 aromatic heterocycles. The predicted molar refractivity (Wildman–Crippen MR) is 61.8 cm³/mol. The molecule has 15 heavy (non-hydrogen) atoms. The topological polar surface area (TPSA) is 37.4 Å². The Labute approximate surface area is 95.6 Å². The van der Waals surface area contributed by atoms with E-state index in [1.165, 1.54) is 0 Å². The highest BCUT2D eigenvalue weighted by Crippen LogP contribution is 2.26. The summed E-state index contributed by atoms with van der Waals surface area (Å²) in [4.78, 5) is 10.6. The molecule has 0 aliphatic carbocycles. The van der Waals surface area contributed by atoms with Crippen LogP contribution in [0.25, 0.3) is 0 Å². The Hall–Kier alpha value is -0.870. The quantitative estimate of drug-likeness (QED) is 0.746. The average molecular weight is 244 g/mol. The van der Waals surface area contributed by atoms with Crippen molar-refractivity contribution >= 4 is 34.6 Å². The van der Waals surface area contributed by atoms with Crippen molar-refractivity contribution in [1.29, 1.82) is 0 Å². The van der Waals surface area contributed by atoms with Gasteiger partial charge >= 0.3 is 0 Å². The molecule has 1 aromatic rings. The molecule has 1 aromatic carbocycles. The predicted octanol–water partition coefficient (Wildman–Crippen LogP) is 2.03. The third-order valence-corrected chi connectivity index (χ3v) is 4.18. The number of benzene rings is 1. The second kappa shape index (κ2) is 4.33. The Bertz CT molecular complexity index is 422. The molecule has 1 aliphatic rings. The maximum atomic E-state index is 11.6. The van der Waals surface area contributed by atoms with E-state index in [2.05, 4.69) is 0 Å². The number of halogens is 1. The van der Waals surface area contributed by atoms with Crippen molar-refractivity contribution in [2.24, 2.45) is 0 Å². The van der Waals surface area contributed by atoms with E-state index in [0.717, 1.165) is 18.7 Å². The number of hydrogen-bond acceptors (Lipinski definition) is 2. The van der Waals surface area contributed by atoms with E-state index in [-0.39, 0.29) is 0 Å². The zero-order chi connectivity index (χ0) is 10.8. The lowest BCUT2D eigenvalue weighted by Gasteiger charge is -2.16. The Morgan fingerprint density at radius 3 is 2.80 bits per heavy atom. The van der Waals surface area contributed by atoms with Crippen molar-refractivity contribution in [3.8, 4) is 0 Å². The lowest BCUT2D eigenvalue weighted by molar-refractivity contribution is 0.112. The van der Waals surface area contributed by atoms with Gasteiger partial charge in [-0.25, -0.2) is 4.21 Å². The molecule has 5 heteroatoms. The van der Waals surface area contributed by atoms with Crippen LogP contribution in [0.3, 0.4) is 0 Å². The third-order valence-electron chi connectivity index (χ3n) is 2.32. The fourth-order valence-electron chi connectivity index (χ4n) is 1.56. The number of hydrogen-bond donors (Lipinski definition) is 0. The van der Waals surface area contributed by atoms with Crippen molar-refractivity contribution in [2.75, 3.05) is 16.6 Å². The van der Waals surface area contributed by atoms with Gasteiger partial charge in [-0.2, -0.15) is 0 Å². The summed E-state index contributed by atoms with van der Waals surface area (Å²) < 4.78 is 13.4. The SMILES string of the molecule is O=Cc1ccc(N2CCCS2=O)cc1Cl. The van der Waals surface area contributed by atoms with Crippen LogP contribution in [-0.2, 0) is 11.0 Å². The summed E-state index contributed by atoms with van der Waals surface area (Å²) in [6.45, 7) is 0.781. The van der Waals surface area contributed by atoms with Gasteiger partial charge in [-0.3, -0.25) is 9.10 Å². The fourth-order valence-corrected chi connectivity index (χ4v) is 3.05. The second-order valence-corrected chi connectivity index (χ2v) is 5.20. The summed E-state index contributed by atoms with van der Waals surface area (Å²) >= 11 is 5.90. The first-order valence-corrected chi connectivity index (χ1v) is 6.28. The van der Waals surface area contributed by atoms with Gasteiger partial charge in [0.1, 0.15) is 11.0 Å². The Kier molecular flexibility index (Phi) is 3.07. The summed E-state index contributed by atoms with van der Waals surface area (Å²) in [5, 5.41) is 0.409. The van der Waals surface area contributed by atoms with Gasteiger partial charge in [-0.05, 0) is 24.6 Å². The van der Waals surface area contributed by atoms with Crippen LogP contribution in [0.4, 0.5) is 5.69 Å². The molecule has 0 N–H and O–H groups in total. The van der Waals surface area contributed by atoms with Crippen molar-refractivity contribution in [2.45, 2.75) is 6.42 Å². The molecule has 1 aliphatic heterocycles. The molecule has 0 saturated carbocycles. The van der Waals surface area contributed by atoms with Gasteiger partial charge < -0.3 is 0 Å². The fraction of sp³-hybridized carbons (Fsp3) is 0.300. The van der Waals surface area contributed by atoms with Crippen LogP contribution >= 0.6 is 11.6 Å². The zero-order valence-electron chi connectivity index (χ0n) is 7.98. The van der Waals surface area contributed by atoms with E-state index in [9.17, 15) is 9.00 Å². The van der Waals surface area contributed by atoms with Crippen LogP contribution < -0.4 is 4.31 Å². The van der Waals surface area contributed by atoms with Gasteiger partial charge in [0.2, 0.25) is 0 Å². The van der Waals surface area contributed by atoms with Crippen molar-refractivity contribution in [1.82, 2.24) is 0 Å². The molecule has 1 fully saturated rings. The lowest BCUT2D eigenvalue weighted by Crippen LogP contribution is -2.19. The van der Waals surface area contributed by atoms with Gasteiger partial charge in [-0.15, -0.1) is 0 Å². The second-order valence-electron chi connectivity index (χ2n) is 3.30. The third kappa shape index (κ3) is 2.06. The van der Waals surface area contributed by atoms with Crippen LogP contribution in [0.5, 0.6) is 0 Å². The number of carbonyl (C=O) groups excluding carboxylic acids is 1. The highest BCUT2D eigenvalue weighted by atomic mass is 35.5. The molecule has 3 nitrogen and oxygen atoms in total. The molecule has 1 unspecified atom stereocenters. The Morgan fingerprint density at radius 1 is 1.47 bits per heavy atom. The summed E-state index contributed by atoms with van der Waals surface area (Å²) in [6.07, 6.45) is 1.65. The highest BCUT2D eigenvalue weighted by Gasteiger charge is 2.20. The van der Waals surface area contributed by atoms with E-state index in [1.54, 1.807) is 22.5 Å². The van der Waals surface area contributed by atoms with Gasteiger partial charge in [0.25, 0.3) is 0 Å². The lowest BCUT2D eigenvalue weighted by atomic mass is 10.2. The van der Waals surface area contributed by atoms with E-state index in [0.29, 0.717) is 22.6 Å². The van der Waals surface area contributed by atoms with Gasteiger partial charge in [0.15, 0.2) is 6.29 Å². The number of aldehydes is 1. The Balaban J connectivity index is 2.33. The van der Waals surface area contributed by atoms with Crippen LogP contribution in [-0.4, -0.2) is 22.8 Å². The normalized spacial score (nSPS) is 20.6. The van der Waals surface area contributed by atoms with Crippen molar-refractivity contribution in [3.63, 3.8) is 0 Å². The summed E-state index contributed by atoms with van der Waals surface area (Å²) in [5.41, 5.74) is 1.28. The average Bonchev–Trinajstić information content (AvgIpc) is 2.64. The molecular weight excluding hydrogens is 234 g/mol. The van der Waals surface area contributed by atoms with Crippen molar-refractivity contribution in [3.05, 3.63) is 28.8 Å². The molecule has 0 amide bonds. The number of carbonyl (C=O) groups is 1. The highest BCUT2D eigenvalue weighted by molar-refractivity contribution is 7.86. The monoisotopic (exact) mass is 243 g/mol. The number of anilines is 1. The molecule has 1 saturated heterocycles. The minimum absolute atomic E-state index is 0.409. The van der Waals surface area contributed by atoms with Gasteiger partial charge in [0, 0.05) is 17.9 Å². The molecule has 0 bridgehead atoms. The molecule has 1 heterocycles. The maximum Gasteiger partial charge on any atom is 0.151 e. The van der Waals surface area contributed by atoms with E-state index in [4.69, 9.17) is 11.6 Å². The van der Waals surface area contributed by atoms with E-state index in [1.807, 2.05) is 0 Å². The minimum atomic E-state index is -0.942. The largest absolute Gasteiger partial charge is 0.298 e. The van der Waals surface area contributed by atoms with E-state index < -0.39 is 11.0 Å². The summed E-state index contributed by atoms with van der Waals surface area (Å²) in [5.74, 6) is 0.701. The Morgan fingerprint density at radius 2 is 2.27 bits per heavy atom. The van der Waals surface area contributed by atoms with Crippen molar-refractivity contribution < 1.29 is 9.00 Å². The van der Waals surface area contributed by atoms with Crippen LogP contribution in [0, 0.1) is 0 Å².